The minimum atomic E-state index is -0.328. The van der Waals surface area contributed by atoms with E-state index in [1.165, 1.54) is 0 Å². The fourth-order valence-corrected chi connectivity index (χ4v) is 2.57. The summed E-state index contributed by atoms with van der Waals surface area (Å²) in [5.41, 5.74) is 2.84. The van der Waals surface area contributed by atoms with E-state index in [1.807, 2.05) is 49.4 Å². The van der Waals surface area contributed by atoms with Crippen molar-refractivity contribution in [1.29, 1.82) is 0 Å². The SMILES string of the molecule is COc1ccc(-c2cc(NC(C)C(=O)NCC(C)C)ccc2OC)cc1. The molecule has 0 heterocycles. The molecule has 0 aliphatic carbocycles. The predicted octanol–water partition coefficient (Wildman–Crippen LogP) is 3.94. The van der Waals surface area contributed by atoms with E-state index in [2.05, 4.69) is 24.5 Å². The Labute approximate surface area is 155 Å². The number of ether oxygens (including phenoxy) is 2. The Morgan fingerprint density at radius 3 is 2.27 bits per heavy atom. The molecule has 2 aromatic rings. The standard InChI is InChI=1S/C21H28N2O3/c1-14(2)13-22-21(24)15(3)23-17-8-11-20(26-5)19(12-17)16-6-9-18(25-4)10-7-16/h6-12,14-15,23H,13H2,1-5H3,(H,22,24). The Morgan fingerprint density at radius 1 is 1.00 bits per heavy atom. The average Bonchev–Trinajstić information content (AvgIpc) is 2.66. The third kappa shape index (κ3) is 5.15. The molecule has 0 saturated carbocycles. The molecule has 26 heavy (non-hydrogen) atoms. The van der Waals surface area contributed by atoms with Crippen LogP contribution in [0.1, 0.15) is 20.8 Å². The topological polar surface area (TPSA) is 59.6 Å². The molecule has 5 heteroatoms. The number of hydrogen-bond donors (Lipinski definition) is 2. The molecule has 0 aromatic heterocycles. The Bertz CT molecular complexity index is 727. The minimum Gasteiger partial charge on any atom is -0.497 e. The minimum absolute atomic E-state index is 0.0134. The van der Waals surface area contributed by atoms with Crippen LogP contribution in [0.3, 0.4) is 0 Å². The smallest absolute Gasteiger partial charge is 0.242 e. The number of rotatable bonds is 8. The molecule has 1 amide bonds. The van der Waals surface area contributed by atoms with Crippen LogP contribution in [0.4, 0.5) is 5.69 Å². The van der Waals surface area contributed by atoms with Gasteiger partial charge in [-0.15, -0.1) is 0 Å². The van der Waals surface area contributed by atoms with Crippen LogP contribution < -0.4 is 20.1 Å². The van der Waals surface area contributed by atoms with Gasteiger partial charge in [-0.2, -0.15) is 0 Å². The summed E-state index contributed by atoms with van der Waals surface area (Å²) in [5.74, 6) is 1.99. The highest BCUT2D eigenvalue weighted by Gasteiger charge is 2.14. The van der Waals surface area contributed by atoms with Crippen molar-refractivity contribution in [2.45, 2.75) is 26.8 Å². The Hall–Kier alpha value is -2.69. The van der Waals surface area contributed by atoms with E-state index < -0.39 is 0 Å². The van der Waals surface area contributed by atoms with Crippen LogP contribution in [0.5, 0.6) is 11.5 Å². The summed E-state index contributed by atoms with van der Waals surface area (Å²) >= 11 is 0. The number of benzene rings is 2. The van der Waals surface area contributed by atoms with Gasteiger partial charge < -0.3 is 20.1 Å². The molecule has 0 fully saturated rings. The van der Waals surface area contributed by atoms with E-state index in [4.69, 9.17) is 9.47 Å². The van der Waals surface area contributed by atoms with E-state index in [1.54, 1.807) is 14.2 Å². The second kappa shape index (κ2) is 9.13. The molecule has 5 nitrogen and oxygen atoms in total. The zero-order chi connectivity index (χ0) is 19.1. The van der Waals surface area contributed by atoms with Gasteiger partial charge in [0.15, 0.2) is 0 Å². The highest BCUT2D eigenvalue weighted by atomic mass is 16.5. The molecule has 0 aliphatic heterocycles. The summed E-state index contributed by atoms with van der Waals surface area (Å²) in [6, 6.07) is 13.3. The van der Waals surface area contributed by atoms with Crippen LogP contribution in [0.2, 0.25) is 0 Å². The summed E-state index contributed by atoms with van der Waals surface area (Å²) in [4.78, 5) is 12.2. The summed E-state index contributed by atoms with van der Waals surface area (Å²) < 4.78 is 10.7. The molecular weight excluding hydrogens is 328 g/mol. The molecule has 1 unspecified atom stereocenters. The molecule has 2 rings (SSSR count). The number of anilines is 1. The van der Waals surface area contributed by atoms with Crippen LogP contribution in [-0.4, -0.2) is 32.7 Å². The van der Waals surface area contributed by atoms with Crippen LogP contribution in [-0.2, 0) is 4.79 Å². The lowest BCUT2D eigenvalue weighted by atomic mass is 10.0. The third-order valence-corrected chi connectivity index (χ3v) is 4.06. The van der Waals surface area contributed by atoms with Gasteiger partial charge in [0, 0.05) is 17.8 Å². The average molecular weight is 356 g/mol. The van der Waals surface area contributed by atoms with Crippen LogP contribution >= 0.6 is 0 Å². The van der Waals surface area contributed by atoms with Crippen molar-refractivity contribution >= 4 is 11.6 Å². The van der Waals surface area contributed by atoms with Gasteiger partial charge in [0.05, 0.1) is 14.2 Å². The van der Waals surface area contributed by atoms with Gasteiger partial charge in [-0.05, 0) is 48.7 Å². The number of carbonyl (C=O) groups is 1. The van der Waals surface area contributed by atoms with Crippen molar-refractivity contribution in [3.63, 3.8) is 0 Å². The zero-order valence-corrected chi connectivity index (χ0v) is 16.1. The fourth-order valence-electron chi connectivity index (χ4n) is 2.57. The highest BCUT2D eigenvalue weighted by molar-refractivity contribution is 5.85. The van der Waals surface area contributed by atoms with E-state index in [-0.39, 0.29) is 11.9 Å². The van der Waals surface area contributed by atoms with Crippen LogP contribution in [0, 0.1) is 5.92 Å². The molecule has 2 aromatic carbocycles. The van der Waals surface area contributed by atoms with E-state index >= 15 is 0 Å². The Kier molecular flexibility index (Phi) is 6.89. The summed E-state index contributed by atoms with van der Waals surface area (Å²) in [5, 5.41) is 6.20. The van der Waals surface area contributed by atoms with Gasteiger partial charge in [-0.25, -0.2) is 0 Å². The second-order valence-electron chi connectivity index (χ2n) is 6.65. The molecule has 2 N–H and O–H groups in total. The van der Waals surface area contributed by atoms with Crippen molar-refractivity contribution in [2.24, 2.45) is 5.92 Å². The van der Waals surface area contributed by atoms with Gasteiger partial charge >= 0.3 is 0 Å². The number of hydrogen-bond acceptors (Lipinski definition) is 4. The number of methoxy groups -OCH3 is 2. The van der Waals surface area contributed by atoms with Crippen LogP contribution in [0.25, 0.3) is 11.1 Å². The summed E-state index contributed by atoms with van der Waals surface area (Å²) in [7, 11) is 3.29. The van der Waals surface area contributed by atoms with Crippen molar-refractivity contribution in [3.8, 4) is 22.6 Å². The van der Waals surface area contributed by atoms with Crippen molar-refractivity contribution in [3.05, 3.63) is 42.5 Å². The lowest BCUT2D eigenvalue weighted by Crippen LogP contribution is -2.39. The van der Waals surface area contributed by atoms with Gasteiger partial charge in [-0.3, -0.25) is 4.79 Å². The molecule has 0 aliphatic rings. The molecule has 0 bridgehead atoms. The first kappa shape index (κ1) is 19.6. The summed E-state index contributed by atoms with van der Waals surface area (Å²) in [6.45, 7) is 6.67. The van der Waals surface area contributed by atoms with Gasteiger partial charge in [0.1, 0.15) is 17.5 Å². The highest BCUT2D eigenvalue weighted by Crippen LogP contribution is 2.33. The predicted molar refractivity (Wildman–Crippen MR) is 106 cm³/mol. The van der Waals surface area contributed by atoms with E-state index in [9.17, 15) is 4.79 Å². The van der Waals surface area contributed by atoms with E-state index in [0.29, 0.717) is 12.5 Å². The largest absolute Gasteiger partial charge is 0.497 e. The Morgan fingerprint density at radius 2 is 1.69 bits per heavy atom. The van der Waals surface area contributed by atoms with Crippen molar-refractivity contribution in [2.75, 3.05) is 26.1 Å². The molecule has 0 radical (unpaired) electrons. The number of carbonyl (C=O) groups excluding carboxylic acids is 1. The first-order chi connectivity index (χ1) is 12.4. The molecule has 1 atom stereocenters. The maximum absolute atomic E-state index is 12.2. The second-order valence-corrected chi connectivity index (χ2v) is 6.65. The lowest BCUT2D eigenvalue weighted by molar-refractivity contribution is -0.121. The van der Waals surface area contributed by atoms with Gasteiger partial charge in [-0.1, -0.05) is 26.0 Å². The van der Waals surface area contributed by atoms with Gasteiger partial charge in [0.25, 0.3) is 0 Å². The third-order valence-electron chi connectivity index (χ3n) is 4.06. The Balaban J connectivity index is 2.19. The normalized spacial score (nSPS) is 11.8. The quantitative estimate of drug-likeness (QED) is 0.752. The fraction of sp³-hybridized carbons (Fsp3) is 0.381. The summed E-state index contributed by atoms with van der Waals surface area (Å²) in [6.07, 6.45) is 0. The maximum atomic E-state index is 12.2. The van der Waals surface area contributed by atoms with Crippen molar-refractivity contribution in [1.82, 2.24) is 5.32 Å². The van der Waals surface area contributed by atoms with E-state index in [0.717, 1.165) is 28.3 Å². The maximum Gasteiger partial charge on any atom is 0.242 e. The monoisotopic (exact) mass is 356 g/mol. The van der Waals surface area contributed by atoms with Crippen molar-refractivity contribution < 1.29 is 14.3 Å². The number of nitrogens with one attached hydrogen (secondary N) is 2. The molecular formula is C21H28N2O3. The number of amides is 1. The zero-order valence-electron chi connectivity index (χ0n) is 16.1. The first-order valence-corrected chi connectivity index (χ1v) is 8.81. The molecule has 0 spiro atoms. The lowest BCUT2D eigenvalue weighted by Gasteiger charge is -2.18. The molecule has 140 valence electrons. The molecule has 0 saturated heterocycles. The van der Waals surface area contributed by atoms with Gasteiger partial charge in [0.2, 0.25) is 5.91 Å². The first-order valence-electron chi connectivity index (χ1n) is 8.81. The van der Waals surface area contributed by atoms with Crippen LogP contribution in [0.15, 0.2) is 42.5 Å².